The lowest BCUT2D eigenvalue weighted by molar-refractivity contribution is 0.614. The first-order valence-corrected chi connectivity index (χ1v) is 5.58. The second-order valence-corrected chi connectivity index (χ2v) is 5.11. The summed E-state index contributed by atoms with van der Waals surface area (Å²) in [5, 5.41) is 0. The Morgan fingerprint density at radius 2 is 2.09 bits per heavy atom. The first kappa shape index (κ1) is 9.32. The highest BCUT2D eigenvalue weighted by atomic mass is 35.5. The van der Waals surface area contributed by atoms with Gasteiger partial charge in [0, 0.05) is 0 Å². The third-order valence-corrected chi connectivity index (χ3v) is 3.19. The molecule has 0 spiro atoms. The zero-order valence-corrected chi connectivity index (χ0v) is 8.44. The highest BCUT2D eigenvalue weighted by Crippen LogP contribution is 2.31. The quantitative estimate of drug-likeness (QED) is 0.791. The minimum Gasteiger partial charge on any atom is -0.232 e. The molecule has 0 saturated heterocycles. The van der Waals surface area contributed by atoms with Gasteiger partial charge >= 0.3 is 0 Å². The summed E-state index contributed by atoms with van der Waals surface area (Å²) in [6.45, 7) is 0. The van der Waals surface area contributed by atoms with Gasteiger partial charge in [0.15, 0.2) is 0 Å². The molecule has 62 valence electrons. The topological polar surface area (TPSA) is 34.1 Å². The molecule has 1 rings (SSSR count). The van der Waals surface area contributed by atoms with Crippen LogP contribution in [0.15, 0.2) is 6.07 Å². The van der Waals surface area contributed by atoms with Crippen molar-refractivity contribution in [2.45, 2.75) is 5.75 Å². The maximum atomic E-state index is 10.3. The molecule has 0 fully saturated rings. The normalized spacial score (nSPS) is 10.8. The number of thiol groups is 1. The molecule has 1 aromatic rings. The van der Waals surface area contributed by atoms with Crippen molar-refractivity contribution in [1.29, 1.82) is 0 Å². The molecule has 0 aliphatic carbocycles. The summed E-state index contributed by atoms with van der Waals surface area (Å²) in [6.07, 6.45) is 0. The Balaban J connectivity index is 2.94. The summed E-state index contributed by atoms with van der Waals surface area (Å²) in [6, 6.07) is 1.57. The molecule has 0 unspecified atom stereocenters. The second-order valence-electron chi connectivity index (χ2n) is 1.84. The SMILES string of the molecule is O=[SH](=O)Cc1cc(Cl)sc1Cl. The van der Waals surface area contributed by atoms with Crippen molar-refractivity contribution in [3.05, 3.63) is 20.3 Å². The van der Waals surface area contributed by atoms with E-state index < -0.39 is 10.7 Å². The zero-order valence-electron chi connectivity index (χ0n) is 5.21. The van der Waals surface area contributed by atoms with Crippen molar-refractivity contribution in [1.82, 2.24) is 0 Å². The number of halogens is 2. The number of thiophene rings is 1. The van der Waals surface area contributed by atoms with Gasteiger partial charge in [-0.3, -0.25) is 0 Å². The van der Waals surface area contributed by atoms with E-state index in [1.165, 1.54) is 11.3 Å². The van der Waals surface area contributed by atoms with Crippen LogP contribution in [-0.2, 0) is 16.5 Å². The molecule has 0 bridgehead atoms. The highest BCUT2D eigenvalue weighted by Gasteiger charge is 2.05. The van der Waals surface area contributed by atoms with Gasteiger partial charge in [0.05, 0.1) is 14.4 Å². The number of hydrogen-bond donors (Lipinski definition) is 1. The van der Waals surface area contributed by atoms with Gasteiger partial charge in [0.1, 0.15) is 10.7 Å². The Bertz CT molecular complexity index is 321. The fourth-order valence-electron chi connectivity index (χ4n) is 0.621. The Labute approximate surface area is 79.7 Å². The molecular formula is C5H4Cl2O2S2. The molecule has 6 heteroatoms. The van der Waals surface area contributed by atoms with Crippen LogP contribution in [0, 0.1) is 0 Å². The number of hydrogen-bond acceptors (Lipinski definition) is 3. The molecule has 0 saturated carbocycles. The average molecular weight is 231 g/mol. The lowest BCUT2D eigenvalue weighted by atomic mass is 10.4. The van der Waals surface area contributed by atoms with Crippen molar-refractivity contribution in [2.75, 3.05) is 0 Å². The first-order chi connectivity index (χ1) is 5.09. The van der Waals surface area contributed by atoms with Crippen LogP contribution in [0.2, 0.25) is 8.67 Å². The first-order valence-electron chi connectivity index (χ1n) is 2.65. The third kappa shape index (κ3) is 2.63. The fraction of sp³-hybridized carbons (Fsp3) is 0.200. The van der Waals surface area contributed by atoms with Crippen LogP contribution >= 0.6 is 34.5 Å². The smallest absolute Gasteiger partial charge is 0.144 e. The van der Waals surface area contributed by atoms with E-state index in [0.717, 1.165) is 0 Å². The maximum absolute atomic E-state index is 10.3. The summed E-state index contributed by atoms with van der Waals surface area (Å²) >= 11 is 12.4. The Morgan fingerprint density at radius 1 is 1.45 bits per heavy atom. The summed E-state index contributed by atoms with van der Waals surface area (Å²) in [4.78, 5) is 0. The average Bonchev–Trinajstić information content (AvgIpc) is 2.09. The molecule has 0 amide bonds. The van der Waals surface area contributed by atoms with Crippen LogP contribution in [0.3, 0.4) is 0 Å². The predicted octanol–water partition coefficient (Wildman–Crippen LogP) is 2.17. The van der Waals surface area contributed by atoms with Crippen LogP contribution in [-0.4, -0.2) is 8.42 Å². The van der Waals surface area contributed by atoms with Crippen molar-refractivity contribution in [3.8, 4) is 0 Å². The summed E-state index contributed by atoms with van der Waals surface area (Å²) in [7, 11) is -2.42. The van der Waals surface area contributed by atoms with Gasteiger partial charge in [-0.15, -0.1) is 11.3 Å². The van der Waals surface area contributed by atoms with Crippen LogP contribution in [0.5, 0.6) is 0 Å². The number of rotatable bonds is 2. The van der Waals surface area contributed by atoms with Crippen LogP contribution in [0.1, 0.15) is 5.56 Å². The lowest BCUT2D eigenvalue weighted by Crippen LogP contribution is -1.82. The molecule has 1 heterocycles. The minimum absolute atomic E-state index is 0.0304. The van der Waals surface area contributed by atoms with Gasteiger partial charge in [0.25, 0.3) is 0 Å². The fourth-order valence-corrected chi connectivity index (χ4v) is 2.84. The largest absolute Gasteiger partial charge is 0.232 e. The van der Waals surface area contributed by atoms with E-state index in [0.29, 0.717) is 14.2 Å². The van der Waals surface area contributed by atoms with Gasteiger partial charge in [-0.2, -0.15) is 0 Å². The standard InChI is InChI=1S/C5H4Cl2O2S2/c6-4-1-3(2-11(8)9)5(7)10-4/h1,11H,2H2. The second kappa shape index (κ2) is 3.76. The molecule has 0 aliphatic heterocycles. The molecular weight excluding hydrogens is 227 g/mol. The van der Waals surface area contributed by atoms with Gasteiger partial charge in [-0.05, 0) is 11.6 Å². The third-order valence-electron chi connectivity index (χ3n) is 1.03. The van der Waals surface area contributed by atoms with Crippen LogP contribution in [0.25, 0.3) is 0 Å². The summed E-state index contributed by atoms with van der Waals surface area (Å²) in [5.41, 5.74) is 0.581. The van der Waals surface area contributed by atoms with E-state index >= 15 is 0 Å². The van der Waals surface area contributed by atoms with Crippen LogP contribution < -0.4 is 0 Å². The van der Waals surface area contributed by atoms with E-state index in [2.05, 4.69) is 0 Å². The van der Waals surface area contributed by atoms with Gasteiger partial charge in [-0.25, -0.2) is 8.42 Å². The van der Waals surface area contributed by atoms with Gasteiger partial charge in [0.2, 0.25) is 0 Å². The molecule has 11 heavy (non-hydrogen) atoms. The van der Waals surface area contributed by atoms with E-state index in [1.807, 2.05) is 0 Å². The molecule has 0 aliphatic rings. The Hall–Kier alpha value is 0.230. The van der Waals surface area contributed by atoms with Crippen molar-refractivity contribution < 1.29 is 8.42 Å². The zero-order chi connectivity index (χ0) is 8.43. The molecule has 1 aromatic heterocycles. The van der Waals surface area contributed by atoms with Gasteiger partial charge in [-0.1, -0.05) is 23.2 Å². The highest BCUT2D eigenvalue weighted by molar-refractivity contribution is 7.71. The summed E-state index contributed by atoms with van der Waals surface area (Å²) in [5.74, 6) is -0.0304. The van der Waals surface area contributed by atoms with Crippen molar-refractivity contribution >= 4 is 45.2 Å². The van der Waals surface area contributed by atoms with Crippen molar-refractivity contribution in [3.63, 3.8) is 0 Å². The molecule has 0 radical (unpaired) electrons. The van der Waals surface area contributed by atoms with E-state index in [4.69, 9.17) is 23.2 Å². The molecule has 0 N–H and O–H groups in total. The van der Waals surface area contributed by atoms with E-state index in [1.54, 1.807) is 6.07 Å². The molecule has 0 aromatic carbocycles. The minimum atomic E-state index is -2.42. The Morgan fingerprint density at radius 3 is 2.45 bits per heavy atom. The molecule has 0 atom stereocenters. The molecule has 2 nitrogen and oxygen atoms in total. The monoisotopic (exact) mass is 230 g/mol. The van der Waals surface area contributed by atoms with Crippen LogP contribution in [0.4, 0.5) is 0 Å². The summed E-state index contributed by atoms with van der Waals surface area (Å²) < 4.78 is 21.5. The maximum Gasteiger partial charge on any atom is 0.144 e. The van der Waals surface area contributed by atoms with E-state index in [9.17, 15) is 8.42 Å². The van der Waals surface area contributed by atoms with Gasteiger partial charge < -0.3 is 0 Å². The van der Waals surface area contributed by atoms with Crippen molar-refractivity contribution in [2.24, 2.45) is 0 Å². The lowest BCUT2D eigenvalue weighted by Gasteiger charge is -1.86. The van der Waals surface area contributed by atoms with E-state index in [-0.39, 0.29) is 5.75 Å². The predicted molar refractivity (Wildman–Crippen MR) is 48.4 cm³/mol. The Kier molecular flexibility index (Phi) is 3.18.